The second kappa shape index (κ2) is 6.18. The monoisotopic (exact) mass is 306 g/mol. The van der Waals surface area contributed by atoms with Crippen molar-refractivity contribution in [2.75, 3.05) is 13.1 Å². The van der Waals surface area contributed by atoms with Crippen molar-refractivity contribution in [1.82, 2.24) is 10.2 Å². The van der Waals surface area contributed by atoms with E-state index < -0.39 is 5.54 Å². The summed E-state index contributed by atoms with van der Waals surface area (Å²) in [6.45, 7) is 1.27. The van der Waals surface area contributed by atoms with Crippen molar-refractivity contribution in [3.63, 3.8) is 0 Å². The lowest BCUT2D eigenvalue weighted by atomic mass is 9.80. The first kappa shape index (κ1) is 14.6. The highest BCUT2D eigenvalue weighted by molar-refractivity contribution is 7.09. The van der Waals surface area contributed by atoms with E-state index in [1.807, 2.05) is 11.0 Å². The highest BCUT2D eigenvalue weighted by Gasteiger charge is 2.44. The molecule has 2 aliphatic rings. The summed E-state index contributed by atoms with van der Waals surface area (Å²) in [7, 11) is 0. The van der Waals surface area contributed by atoms with Gasteiger partial charge in [0.1, 0.15) is 5.54 Å². The molecule has 1 aliphatic heterocycles. The normalized spacial score (nSPS) is 22.2. The van der Waals surface area contributed by atoms with Gasteiger partial charge in [-0.2, -0.15) is 0 Å². The molecule has 0 unspecified atom stereocenters. The van der Waals surface area contributed by atoms with Crippen LogP contribution in [0.3, 0.4) is 0 Å². The largest absolute Gasteiger partial charge is 0.342 e. The molecule has 3 rings (SSSR count). The van der Waals surface area contributed by atoms with E-state index in [1.54, 1.807) is 11.3 Å². The average Bonchev–Trinajstić information content (AvgIpc) is 2.97. The van der Waals surface area contributed by atoms with Crippen molar-refractivity contribution < 1.29 is 9.59 Å². The van der Waals surface area contributed by atoms with Gasteiger partial charge in [-0.1, -0.05) is 25.3 Å². The number of thiophene rings is 1. The summed E-state index contributed by atoms with van der Waals surface area (Å²) >= 11 is 1.73. The van der Waals surface area contributed by atoms with Gasteiger partial charge in [-0.25, -0.2) is 0 Å². The quantitative estimate of drug-likeness (QED) is 0.932. The summed E-state index contributed by atoms with van der Waals surface area (Å²) in [6.07, 6.45) is 6.14. The number of carbonyl (C=O) groups is 2. The highest BCUT2D eigenvalue weighted by Crippen LogP contribution is 2.31. The van der Waals surface area contributed by atoms with Gasteiger partial charge in [-0.05, 0) is 30.7 Å². The molecule has 2 fully saturated rings. The molecule has 1 aromatic heterocycles. The van der Waals surface area contributed by atoms with E-state index in [4.69, 9.17) is 0 Å². The maximum Gasteiger partial charge on any atom is 0.248 e. The van der Waals surface area contributed by atoms with Gasteiger partial charge in [-0.3, -0.25) is 9.59 Å². The Morgan fingerprint density at radius 1 is 1.24 bits per heavy atom. The zero-order valence-electron chi connectivity index (χ0n) is 12.3. The van der Waals surface area contributed by atoms with Crippen LogP contribution in [0.4, 0.5) is 0 Å². The second-order valence-electron chi connectivity index (χ2n) is 6.06. The minimum absolute atomic E-state index is 0.0314. The van der Waals surface area contributed by atoms with Crippen LogP contribution in [-0.2, 0) is 16.0 Å². The molecule has 1 aromatic rings. The molecular weight excluding hydrogens is 284 g/mol. The fourth-order valence-electron chi connectivity index (χ4n) is 3.43. The van der Waals surface area contributed by atoms with E-state index in [-0.39, 0.29) is 11.8 Å². The molecule has 0 bridgehead atoms. The third-order valence-electron chi connectivity index (χ3n) is 4.60. The van der Waals surface area contributed by atoms with Gasteiger partial charge < -0.3 is 10.2 Å². The summed E-state index contributed by atoms with van der Waals surface area (Å²) in [5, 5.41) is 5.10. The van der Waals surface area contributed by atoms with Crippen LogP contribution in [0.2, 0.25) is 0 Å². The molecule has 1 aliphatic carbocycles. The number of hydrogen-bond acceptors (Lipinski definition) is 3. The Morgan fingerprint density at radius 3 is 2.76 bits per heavy atom. The van der Waals surface area contributed by atoms with E-state index in [0.29, 0.717) is 13.0 Å². The van der Waals surface area contributed by atoms with Crippen LogP contribution in [0.5, 0.6) is 0 Å². The molecule has 4 nitrogen and oxygen atoms in total. The van der Waals surface area contributed by atoms with Crippen LogP contribution >= 0.6 is 11.3 Å². The molecule has 0 aromatic carbocycles. The molecule has 21 heavy (non-hydrogen) atoms. The number of carbonyl (C=O) groups excluding carboxylic acids is 2. The summed E-state index contributed by atoms with van der Waals surface area (Å²) in [4.78, 5) is 28.1. The van der Waals surface area contributed by atoms with Gasteiger partial charge in [0.05, 0.1) is 0 Å². The lowest BCUT2D eigenvalue weighted by Crippen LogP contribution is -2.58. The SMILES string of the molecule is O=C1CCN(CCc2cccs2)C(=O)C2(CCCCC2)N1. The molecule has 0 radical (unpaired) electrons. The topological polar surface area (TPSA) is 49.4 Å². The minimum Gasteiger partial charge on any atom is -0.342 e. The standard InChI is InChI=1S/C16H22N2O2S/c19-14-7-11-18(10-6-13-5-4-12-21-13)15(20)16(17-14)8-2-1-3-9-16/h4-5,12H,1-3,6-11H2,(H,17,19). The van der Waals surface area contributed by atoms with Gasteiger partial charge in [0, 0.05) is 24.4 Å². The molecule has 114 valence electrons. The van der Waals surface area contributed by atoms with E-state index in [0.717, 1.165) is 38.6 Å². The Bertz CT molecular complexity index is 506. The fourth-order valence-corrected chi connectivity index (χ4v) is 4.13. The maximum absolute atomic E-state index is 12.9. The molecule has 1 N–H and O–H groups in total. The van der Waals surface area contributed by atoms with Crippen LogP contribution in [-0.4, -0.2) is 35.3 Å². The zero-order chi connectivity index (χ0) is 14.7. The van der Waals surface area contributed by atoms with Gasteiger partial charge in [-0.15, -0.1) is 11.3 Å². The lowest BCUT2D eigenvalue weighted by molar-refractivity contribution is -0.140. The van der Waals surface area contributed by atoms with E-state index in [9.17, 15) is 9.59 Å². The van der Waals surface area contributed by atoms with Crippen molar-refractivity contribution in [1.29, 1.82) is 0 Å². The Morgan fingerprint density at radius 2 is 2.05 bits per heavy atom. The minimum atomic E-state index is -0.610. The highest BCUT2D eigenvalue weighted by atomic mass is 32.1. The zero-order valence-corrected chi connectivity index (χ0v) is 13.1. The summed E-state index contributed by atoms with van der Waals surface area (Å²) in [6, 6.07) is 4.14. The fraction of sp³-hybridized carbons (Fsp3) is 0.625. The van der Waals surface area contributed by atoms with Gasteiger partial charge in [0.15, 0.2) is 0 Å². The summed E-state index contributed by atoms with van der Waals surface area (Å²) in [5.74, 6) is 0.175. The Hall–Kier alpha value is -1.36. The first-order chi connectivity index (χ1) is 10.2. The molecule has 1 saturated carbocycles. The second-order valence-corrected chi connectivity index (χ2v) is 7.09. The van der Waals surface area contributed by atoms with E-state index >= 15 is 0 Å². The Kier molecular flexibility index (Phi) is 4.29. The Labute approximate surface area is 129 Å². The van der Waals surface area contributed by atoms with Gasteiger partial charge >= 0.3 is 0 Å². The van der Waals surface area contributed by atoms with Crippen LogP contribution in [0, 0.1) is 0 Å². The Balaban J connectivity index is 1.73. The number of nitrogens with zero attached hydrogens (tertiary/aromatic N) is 1. The van der Waals surface area contributed by atoms with Crippen LogP contribution < -0.4 is 5.32 Å². The average molecular weight is 306 g/mol. The van der Waals surface area contributed by atoms with Crippen molar-refractivity contribution in [2.24, 2.45) is 0 Å². The number of nitrogens with one attached hydrogen (secondary N) is 1. The summed E-state index contributed by atoms with van der Waals surface area (Å²) < 4.78 is 0. The smallest absolute Gasteiger partial charge is 0.248 e. The van der Waals surface area contributed by atoms with Crippen LogP contribution in [0.1, 0.15) is 43.4 Å². The summed E-state index contributed by atoms with van der Waals surface area (Å²) in [5.41, 5.74) is -0.610. The molecule has 2 amide bonds. The molecule has 1 spiro atoms. The van der Waals surface area contributed by atoms with Crippen molar-refractivity contribution in [3.8, 4) is 0 Å². The van der Waals surface area contributed by atoms with Gasteiger partial charge in [0.2, 0.25) is 11.8 Å². The van der Waals surface area contributed by atoms with Crippen molar-refractivity contribution >= 4 is 23.2 Å². The van der Waals surface area contributed by atoms with E-state index in [1.165, 1.54) is 11.3 Å². The molecule has 2 heterocycles. The molecule has 0 atom stereocenters. The predicted octanol–water partition coefficient (Wildman–Crippen LogP) is 2.34. The molecule has 1 saturated heterocycles. The molecular formula is C16H22N2O2S. The number of hydrogen-bond donors (Lipinski definition) is 1. The predicted molar refractivity (Wildman–Crippen MR) is 83.2 cm³/mol. The van der Waals surface area contributed by atoms with Crippen molar-refractivity contribution in [2.45, 2.75) is 50.5 Å². The van der Waals surface area contributed by atoms with Crippen LogP contribution in [0.25, 0.3) is 0 Å². The third-order valence-corrected chi connectivity index (χ3v) is 5.54. The number of rotatable bonds is 3. The van der Waals surface area contributed by atoms with Gasteiger partial charge in [0.25, 0.3) is 0 Å². The maximum atomic E-state index is 12.9. The number of amides is 2. The molecule has 5 heteroatoms. The van der Waals surface area contributed by atoms with E-state index in [2.05, 4.69) is 16.8 Å². The lowest BCUT2D eigenvalue weighted by Gasteiger charge is -2.38. The van der Waals surface area contributed by atoms with Crippen LogP contribution in [0.15, 0.2) is 17.5 Å². The first-order valence-corrected chi connectivity index (χ1v) is 8.70. The first-order valence-electron chi connectivity index (χ1n) is 7.82. The van der Waals surface area contributed by atoms with Crippen molar-refractivity contribution in [3.05, 3.63) is 22.4 Å². The third kappa shape index (κ3) is 3.12.